The number of hydrogen-bond acceptors (Lipinski definition) is 7. The van der Waals surface area contributed by atoms with Gasteiger partial charge in [0.25, 0.3) is 17.4 Å². The standard InChI is InChI=1S/C24H25N3O6/c1-25(2)17-10-8-15(9-11-17)21-20(22(28)16-5-3-6-18(13-16)27(31)32)23(29)24(30)26(21)14-19-7-4-12-33-19/h3,5-6,8-11,13,19,21,28H,4,7,12,14H2,1-2H3/b22-20-. The second kappa shape index (κ2) is 9.03. The predicted molar refractivity (Wildman–Crippen MR) is 122 cm³/mol. The number of ether oxygens (including phenoxy) is 1. The molecule has 2 aliphatic heterocycles. The Kier molecular flexibility index (Phi) is 6.15. The van der Waals surface area contributed by atoms with Crippen molar-refractivity contribution in [3.63, 3.8) is 0 Å². The first-order chi connectivity index (χ1) is 15.8. The Morgan fingerprint density at radius 2 is 1.94 bits per heavy atom. The van der Waals surface area contributed by atoms with Crippen LogP contribution in [0.15, 0.2) is 54.1 Å². The summed E-state index contributed by atoms with van der Waals surface area (Å²) in [5, 5.41) is 22.3. The Hall–Kier alpha value is -3.72. The van der Waals surface area contributed by atoms with Crippen LogP contribution in [0.1, 0.15) is 30.0 Å². The zero-order chi connectivity index (χ0) is 23.7. The van der Waals surface area contributed by atoms with Gasteiger partial charge in [-0.3, -0.25) is 19.7 Å². The normalized spacial score (nSPS) is 22.1. The highest BCUT2D eigenvalue weighted by molar-refractivity contribution is 6.46. The molecule has 4 rings (SSSR count). The fourth-order valence-corrected chi connectivity index (χ4v) is 4.30. The van der Waals surface area contributed by atoms with Gasteiger partial charge in [0.2, 0.25) is 0 Å². The maximum atomic E-state index is 13.1. The topological polar surface area (TPSA) is 113 Å². The fourth-order valence-electron chi connectivity index (χ4n) is 4.30. The first-order valence-corrected chi connectivity index (χ1v) is 10.7. The zero-order valence-corrected chi connectivity index (χ0v) is 18.4. The molecule has 172 valence electrons. The van der Waals surface area contributed by atoms with Crippen molar-refractivity contribution in [2.24, 2.45) is 0 Å². The molecule has 0 bridgehead atoms. The van der Waals surface area contributed by atoms with Gasteiger partial charge in [0.15, 0.2) is 0 Å². The zero-order valence-electron chi connectivity index (χ0n) is 18.4. The number of hydrogen-bond donors (Lipinski definition) is 1. The van der Waals surface area contributed by atoms with Crippen LogP contribution >= 0.6 is 0 Å². The van der Waals surface area contributed by atoms with Crippen LogP contribution in [-0.4, -0.2) is 60.0 Å². The average molecular weight is 451 g/mol. The molecular weight excluding hydrogens is 426 g/mol. The number of ketones is 1. The first kappa shape index (κ1) is 22.5. The summed E-state index contributed by atoms with van der Waals surface area (Å²) < 4.78 is 5.69. The summed E-state index contributed by atoms with van der Waals surface area (Å²) in [5.41, 5.74) is 1.39. The second-order valence-electron chi connectivity index (χ2n) is 8.38. The van der Waals surface area contributed by atoms with E-state index in [1.54, 1.807) is 0 Å². The van der Waals surface area contributed by atoms with Gasteiger partial charge in [-0.25, -0.2) is 0 Å². The number of carbonyl (C=O) groups excluding carboxylic acids is 2. The van der Waals surface area contributed by atoms with Gasteiger partial charge < -0.3 is 19.6 Å². The van der Waals surface area contributed by atoms with Gasteiger partial charge in [-0.15, -0.1) is 0 Å². The quantitative estimate of drug-likeness (QED) is 0.236. The Labute approximate surface area is 191 Å². The minimum absolute atomic E-state index is 0.0869. The molecule has 33 heavy (non-hydrogen) atoms. The van der Waals surface area contributed by atoms with Crippen molar-refractivity contribution in [3.8, 4) is 0 Å². The predicted octanol–water partition coefficient (Wildman–Crippen LogP) is 3.26. The molecule has 2 unspecified atom stereocenters. The molecule has 0 spiro atoms. The van der Waals surface area contributed by atoms with Crippen LogP contribution in [0.25, 0.3) is 5.76 Å². The van der Waals surface area contributed by atoms with Crippen LogP contribution in [0.5, 0.6) is 0 Å². The van der Waals surface area contributed by atoms with Gasteiger partial charge in [0.05, 0.1) is 22.6 Å². The van der Waals surface area contributed by atoms with Crippen molar-refractivity contribution < 1.29 is 24.4 Å². The van der Waals surface area contributed by atoms with Crippen molar-refractivity contribution in [1.82, 2.24) is 4.90 Å². The van der Waals surface area contributed by atoms with E-state index in [2.05, 4.69) is 0 Å². The van der Waals surface area contributed by atoms with Crippen LogP contribution in [0.2, 0.25) is 0 Å². The Bertz CT molecular complexity index is 1120. The number of anilines is 1. The van der Waals surface area contributed by atoms with Crippen LogP contribution < -0.4 is 4.90 Å². The van der Waals surface area contributed by atoms with E-state index in [9.17, 15) is 24.8 Å². The van der Waals surface area contributed by atoms with E-state index >= 15 is 0 Å². The van der Waals surface area contributed by atoms with Gasteiger partial charge in [-0.1, -0.05) is 24.3 Å². The minimum Gasteiger partial charge on any atom is -0.507 e. The van der Waals surface area contributed by atoms with Gasteiger partial charge in [-0.05, 0) is 30.5 Å². The summed E-state index contributed by atoms with van der Waals surface area (Å²) in [6, 6.07) is 11.9. The molecule has 2 saturated heterocycles. The van der Waals surface area contributed by atoms with Crippen LogP contribution in [0, 0.1) is 10.1 Å². The number of likely N-dealkylation sites (tertiary alicyclic amines) is 1. The molecule has 0 aromatic heterocycles. The number of benzene rings is 2. The maximum absolute atomic E-state index is 13.1. The lowest BCUT2D eigenvalue weighted by molar-refractivity contribution is -0.384. The lowest BCUT2D eigenvalue weighted by atomic mass is 9.94. The molecule has 2 atom stereocenters. The highest BCUT2D eigenvalue weighted by Gasteiger charge is 2.47. The number of nitro groups is 1. The lowest BCUT2D eigenvalue weighted by Crippen LogP contribution is -2.36. The third-order valence-corrected chi connectivity index (χ3v) is 6.02. The summed E-state index contributed by atoms with van der Waals surface area (Å²) in [6.45, 7) is 0.820. The van der Waals surface area contributed by atoms with Gasteiger partial charge in [0, 0.05) is 50.6 Å². The molecule has 0 saturated carbocycles. The van der Waals surface area contributed by atoms with Gasteiger partial charge >= 0.3 is 0 Å². The number of non-ortho nitro benzene ring substituents is 1. The van der Waals surface area contributed by atoms with E-state index in [1.807, 2.05) is 43.3 Å². The summed E-state index contributed by atoms with van der Waals surface area (Å²) in [6.07, 6.45) is 1.47. The molecule has 2 fully saturated rings. The van der Waals surface area contributed by atoms with Crippen LogP contribution in [0.4, 0.5) is 11.4 Å². The number of carbonyl (C=O) groups is 2. The number of nitro benzene ring substituents is 1. The van der Waals surface area contributed by atoms with Crippen molar-refractivity contribution in [2.75, 3.05) is 32.1 Å². The molecule has 1 amide bonds. The minimum atomic E-state index is -0.829. The molecule has 0 radical (unpaired) electrons. The summed E-state index contributed by atoms with van der Waals surface area (Å²) >= 11 is 0. The highest BCUT2D eigenvalue weighted by atomic mass is 16.6. The monoisotopic (exact) mass is 451 g/mol. The van der Waals surface area contributed by atoms with Gasteiger partial charge in [0.1, 0.15) is 5.76 Å². The number of Topliss-reactive ketones (excluding diaryl/α,β-unsaturated/α-hetero) is 1. The number of aliphatic hydroxyl groups excluding tert-OH is 1. The maximum Gasteiger partial charge on any atom is 0.295 e. The number of nitrogens with zero attached hydrogens (tertiary/aromatic N) is 3. The van der Waals surface area contributed by atoms with Gasteiger partial charge in [-0.2, -0.15) is 0 Å². The van der Waals surface area contributed by atoms with E-state index < -0.39 is 28.4 Å². The molecule has 1 N–H and O–H groups in total. The molecule has 2 aromatic carbocycles. The molecule has 2 aliphatic rings. The van der Waals surface area contributed by atoms with E-state index in [-0.39, 0.29) is 29.5 Å². The summed E-state index contributed by atoms with van der Waals surface area (Å²) in [7, 11) is 3.81. The van der Waals surface area contributed by atoms with Crippen LogP contribution in [-0.2, 0) is 14.3 Å². The average Bonchev–Trinajstić information content (AvgIpc) is 3.41. The SMILES string of the molecule is CN(C)c1ccc(C2/C(=C(/O)c3cccc([N+](=O)[O-])c3)C(=O)C(=O)N2CC2CCCO2)cc1. The third-order valence-electron chi connectivity index (χ3n) is 6.02. The molecule has 9 heteroatoms. The van der Waals surface area contributed by atoms with E-state index in [4.69, 9.17) is 4.74 Å². The van der Waals surface area contributed by atoms with E-state index in [0.717, 1.165) is 18.5 Å². The van der Waals surface area contributed by atoms with Crippen LogP contribution in [0.3, 0.4) is 0 Å². The number of aliphatic hydroxyl groups is 1. The van der Waals surface area contributed by atoms with Crippen molar-refractivity contribution >= 4 is 28.8 Å². The molecule has 0 aliphatic carbocycles. The fraction of sp³-hybridized carbons (Fsp3) is 0.333. The summed E-state index contributed by atoms with van der Waals surface area (Å²) in [5.74, 6) is -1.98. The van der Waals surface area contributed by atoms with Crippen molar-refractivity contribution in [1.29, 1.82) is 0 Å². The smallest absolute Gasteiger partial charge is 0.295 e. The van der Waals surface area contributed by atoms with E-state index in [1.165, 1.54) is 29.2 Å². The molecular formula is C24H25N3O6. The molecule has 2 aromatic rings. The largest absolute Gasteiger partial charge is 0.507 e. The van der Waals surface area contributed by atoms with E-state index in [0.29, 0.717) is 12.2 Å². The number of amides is 1. The Morgan fingerprint density at radius 1 is 1.21 bits per heavy atom. The van der Waals surface area contributed by atoms with Crippen molar-refractivity contribution in [2.45, 2.75) is 25.0 Å². The Morgan fingerprint density at radius 3 is 2.55 bits per heavy atom. The first-order valence-electron chi connectivity index (χ1n) is 10.7. The third kappa shape index (κ3) is 4.31. The van der Waals surface area contributed by atoms with Crippen molar-refractivity contribution in [3.05, 3.63) is 75.3 Å². The number of rotatable bonds is 6. The summed E-state index contributed by atoms with van der Waals surface area (Å²) in [4.78, 5) is 40.1. The second-order valence-corrected chi connectivity index (χ2v) is 8.38. The molecule has 2 heterocycles. The highest BCUT2D eigenvalue weighted by Crippen LogP contribution is 2.40. The lowest BCUT2D eigenvalue weighted by Gasteiger charge is -2.28. The Balaban J connectivity index is 1.83. The molecule has 9 nitrogen and oxygen atoms in total.